The molecule has 92 valence electrons. The highest BCUT2D eigenvalue weighted by Gasteiger charge is 2.24. The standard InChI is InChI=1S/C13H24N2O/c1-6-11-7-12(15(5)14-11)9-13(4,16)8-10(2)3/h7,10,16H,6,8-9H2,1-5H3. The summed E-state index contributed by atoms with van der Waals surface area (Å²) in [4.78, 5) is 0. The lowest BCUT2D eigenvalue weighted by molar-refractivity contribution is 0.0370. The Kier molecular flexibility index (Phi) is 4.14. The van der Waals surface area contributed by atoms with E-state index in [9.17, 15) is 5.11 Å². The van der Waals surface area contributed by atoms with Crippen LogP contribution in [-0.2, 0) is 19.9 Å². The van der Waals surface area contributed by atoms with E-state index in [1.807, 2.05) is 18.7 Å². The smallest absolute Gasteiger partial charge is 0.0677 e. The molecular weight excluding hydrogens is 200 g/mol. The van der Waals surface area contributed by atoms with Crippen LogP contribution in [0.5, 0.6) is 0 Å². The Hall–Kier alpha value is -0.830. The third-order valence-corrected chi connectivity index (χ3v) is 2.80. The molecule has 1 aromatic heterocycles. The molecule has 0 aliphatic carbocycles. The van der Waals surface area contributed by atoms with Crippen LogP contribution in [0.2, 0.25) is 0 Å². The van der Waals surface area contributed by atoms with Gasteiger partial charge >= 0.3 is 0 Å². The molecule has 0 radical (unpaired) electrons. The average Bonchev–Trinajstić information content (AvgIpc) is 2.44. The van der Waals surface area contributed by atoms with Crippen molar-refractivity contribution in [3.05, 3.63) is 17.5 Å². The van der Waals surface area contributed by atoms with Gasteiger partial charge in [0.15, 0.2) is 0 Å². The maximum absolute atomic E-state index is 10.3. The van der Waals surface area contributed by atoms with Crippen molar-refractivity contribution in [1.82, 2.24) is 9.78 Å². The SMILES string of the molecule is CCc1cc(CC(C)(O)CC(C)C)n(C)n1. The van der Waals surface area contributed by atoms with Gasteiger partial charge in [0.05, 0.1) is 11.3 Å². The van der Waals surface area contributed by atoms with Crippen LogP contribution >= 0.6 is 0 Å². The molecule has 0 bridgehead atoms. The van der Waals surface area contributed by atoms with Crippen LogP contribution in [0.4, 0.5) is 0 Å². The fourth-order valence-electron chi connectivity index (χ4n) is 2.25. The van der Waals surface area contributed by atoms with Crippen LogP contribution in [-0.4, -0.2) is 20.5 Å². The van der Waals surface area contributed by atoms with Crippen molar-refractivity contribution in [2.45, 2.75) is 52.6 Å². The summed E-state index contributed by atoms with van der Waals surface area (Å²) in [6.07, 6.45) is 2.44. The van der Waals surface area contributed by atoms with Gasteiger partial charge in [-0.05, 0) is 31.7 Å². The van der Waals surface area contributed by atoms with Crippen molar-refractivity contribution in [2.75, 3.05) is 0 Å². The Balaban J connectivity index is 2.74. The molecule has 0 aliphatic heterocycles. The summed E-state index contributed by atoms with van der Waals surface area (Å²) in [5.74, 6) is 0.508. The van der Waals surface area contributed by atoms with Gasteiger partial charge in [-0.2, -0.15) is 5.10 Å². The number of nitrogens with zero attached hydrogens (tertiary/aromatic N) is 2. The zero-order chi connectivity index (χ0) is 12.3. The first-order valence-electron chi connectivity index (χ1n) is 6.08. The number of rotatable bonds is 5. The van der Waals surface area contributed by atoms with E-state index in [0.717, 1.165) is 24.2 Å². The van der Waals surface area contributed by atoms with E-state index in [2.05, 4.69) is 31.9 Å². The van der Waals surface area contributed by atoms with Gasteiger partial charge in [0, 0.05) is 19.2 Å². The molecule has 0 amide bonds. The van der Waals surface area contributed by atoms with Crippen LogP contribution < -0.4 is 0 Å². The summed E-state index contributed by atoms with van der Waals surface area (Å²) in [6.45, 7) is 8.27. The Morgan fingerprint density at radius 2 is 2.12 bits per heavy atom. The molecule has 0 fully saturated rings. The number of hydrogen-bond acceptors (Lipinski definition) is 2. The monoisotopic (exact) mass is 224 g/mol. The molecular formula is C13H24N2O. The summed E-state index contributed by atoms with van der Waals surface area (Å²) in [5, 5.41) is 14.7. The van der Waals surface area contributed by atoms with Crippen molar-refractivity contribution in [3.63, 3.8) is 0 Å². The second kappa shape index (κ2) is 5.00. The molecule has 1 rings (SSSR count). The molecule has 3 nitrogen and oxygen atoms in total. The second-order valence-electron chi connectivity index (χ2n) is 5.38. The van der Waals surface area contributed by atoms with Crippen LogP contribution in [0.1, 0.15) is 45.5 Å². The Bertz CT molecular complexity index is 340. The first kappa shape index (κ1) is 13.2. The lowest BCUT2D eigenvalue weighted by Gasteiger charge is -2.25. The van der Waals surface area contributed by atoms with Crippen molar-refractivity contribution < 1.29 is 5.11 Å². The minimum atomic E-state index is -0.632. The van der Waals surface area contributed by atoms with E-state index in [1.54, 1.807) is 0 Å². The highest BCUT2D eigenvalue weighted by atomic mass is 16.3. The molecule has 0 aromatic carbocycles. The Morgan fingerprint density at radius 1 is 1.50 bits per heavy atom. The molecule has 0 aliphatic rings. The van der Waals surface area contributed by atoms with E-state index in [0.29, 0.717) is 12.3 Å². The maximum Gasteiger partial charge on any atom is 0.0677 e. The minimum Gasteiger partial charge on any atom is -0.390 e. The van der Waals surface area contributed by atoms with Gasteiger partial charge in [-0.1, -0.05) is 20.8 Å². The molecule has 1 unspecified atom stereocenters. The summed E-state index contributed by atoms with van der Waals surface area (Å²) >= 11 is 0. The first-order valence-corrected chi connectivity index (χ1v) is 6.08. The minimum absolute atomic E-state index is 0.508. The van der Waals surface area contributed by atoms with Crippen molar-refractivity contribution in [1.29, 1.82) is 0 Å². The summed E-state index contributed by atoms with van der Waals surface area (Å²) < 4.78 is 1.88. The normalized spacial score (nSPS) is 15.4. The van der Waals surface area contributed by atoms with Crippen LogP contribution in [0.3, 0.4) is 0 Å². The fraction of sp³-hybridized carbons (Fsp3) is 0.769. The van der Waals surface area contributed by atoms with Gasteiger partial charge in [0.25, 0.3) is 0 Å². The number of aliphatic hydroxyl groups is 1. The zero-order valence-corrected chi connectivity index (χ0v) is 11.1. The molecule has 1 N–H and O–H groups in total. The largest absolute Gasteiger partial charge is 0.390 e. The van der Waals surface area contributed by atoms with Gasteiger partial charge in [-0.25, -0.2) is 0 Å². The van der Waals surface area contributed by atoms with Gasteiger partial charge in [0.1, 0.15) is 0 Å². The highest BCUT2D eigenvalue weighted by Crippen LogP contribution is 2.21. The topological polar surface area (TPSA) is 38.0 Å². The molecule has 1 heterocycles. The highest BCUT2D eigenvalue weighted by molar-refractivity contribution is 5.12. The fourth-order valence-corrected chi connectivity index (χ4v) is 2.25. The molecule has 1 aromatic rings. The van der Waals surface area contributed by atoms with Crippen molar-refractivity contribution in [3.8, 4) is 0 Å². The molecule has 3 heteroatoms. The van der Waals surface area contributed by atoms with Crippen molar-refractivity contribution in [2.24, 2.45) is 13.0 Å². The predicted octanol–water partition coefficient (Wildman–Crippen LogP) is 2.32. The molecule has 16 heavy (non-hydrogen) atoms. The third-order valence-electron chi connectivity index (χ3n) is 2.80. The number of aryl methyl sites for hydroxylation is 2. The first-order chi connectivity index (χ1) is 7.34. The van der Waals surface area contributed by atoms with E-state index >= 15 is 0 Å². The number of hydrogen-bond donors (Lipinski definition) is 1. The Labute approximate surface area is 98.5 Å². The predicted molar refractivity (Wildman–Crippen MR) is 66.4 cm³/mol. The van der Waals surface area contributed by atoms with E-state index in [-0.39, 0.29) is 0 Å². The van der Waals surface area contributed by atoms with Crippen LogP contribution in [0.25, 0.3) is 0 Å². The number of aromatic nitrogens is 2. The van der Waals surface area contributed by atoms with E-state index < -0.39 is 5.60 Å². The van der Waals surface area contributed by atoms with Gasteiger partial charge in [-0.15, -0.1) is 0 Å². The second-order valence-corrected chi connectivity index (χ2v) is 5.38. The van der Waals surface area contributed by atoms with Crippen LogP contribution in [0, 0.1) is 5.92 Å². The average molecular weight is 224 g/mol. The maximum atomic E-state index is 10.3. The molecule has 0 spiro atoms. The lowest BCUT2D eigenvalue weighted by atomic mass is 9.90. The van der Waals surface area contributed by atoms with Gasteiger partial charge in [0.2, 0.25) is 0 Å². The molecule has 0 saturated heterocycles. The lowest BCUT2D eigenvalue weighted by Crippen LogP contribution is -2.30. The van der Waals surface area contributed by atoms with Gasteiger partial charge in [-0.3, -0.25) is 4.68 Å². The zero-order valence-electron chi connectivity index (χ0n) is 11.1. The summed E-state index contributed by atoms with van der Waals surface area (Å²) in [7, 11) is 1.94. The van der Waals surface area contributed by atoms with E-state index in [1.165, 1.54) is 0 Å². The Morgan fingerprint density at radius 3 is 2.56 bits per heavy atom. The van der Waals surface area contributed by atoms with Crippen LogP contribution in [0.15, 0.2) is 6.07 Å². The third kappa shape index (κ3) is 3.63. The summed E-state index contributed by atoms with van der Waals surface area (Å²) in [5.41, 5.74) is 1.58. The summed E-state index contributed by atoms with van der Waals surface area (Å²) in [6, 6.07) is 2.09. The van der Waals surface area contributed by atoms with Gasteiger partial charge < -0.3 is 5.11 Å². The molecule has 0 saturated carbocycles. The molecule has 1 atom stereocenters. The quantitative estimate of drug-likeness (QED) is 0.833. The van der Waals surface area contributed by atoms with Crippen molar-refractivity contribution >= 4 is 0 Å². The van der Waals surface area contributed by atoms with E-state index in [4.69, 9.17) is 0 Å².